The summed E-state index contributed by atoms with van der Waals surface area (Å²) < 4.78 is 33.8. The van der Waals surface area contributed by atoms with Gasteiger partial charge in [-0.15, -0.1) is 0 Å². The first-order chi connectivity index (χ1) is 17.6. The second-order valence-electron chi connectivity index (χ2n) is 8.85. The molecule has 37 heavy (non-hydrogen) atoms. The highest BCUT2D eigenvalue weighted by molar-refractivity contribution is 7.89. The quantitative estimate of drug-likeness (QED) is 0.121. The number of benzene rings is 1. The minimum Gasteiger partial charge on any atom is -0.478 e. The van der Waals surface area contributed by atoms with Gasteiger partial charge in [0.05, 0.1) is 11.7 Å². The summed E-state index contributed by atoms with van der Waals surface area (Å²) in [6, 6.07) is 4.67. The van der Waals surface area contributed by atoms with Crippen molar-refractivity contribution >= 4 is 32.8 Å². The minimum atomic E-state index is -4.44. The Morgan fingerprint density at radius 3 is 2.65 bits per heavy atom. The Bertz CT molecular complexity index is 1360. The molecule has 0 saturated carbocycles. The molecule has 14 nitrogen and oxygen atoms in total. The molecule has 1 aliphatic heterocycles. The van der Waals surface area contributed by atoms with Crippen molar-refractivity contribution < 1.29 is 27.6 Å². The molecule has 0 aliphatic carbocycles. The van der Waals surface area contributed by atoms with Crippen molar-refractivity contribution in [1.82, 2.24) is 41.3 Å². The summed E-state index contributed by atoms with van der Waals surface area (Å²) in [5.41, 5.74) is -1.55. The van der Waals surface area contributed by atoms with Crippen molar-refractivity contribution in [3.05, 3.63) is 41.4 Å². The number of amides is 1. The van der Waals surface area contributed by atoms with E-state index in [2.05, 4.69) is 41.3 Å². The molecular weight excluding hydrogens is 504 g/mol. The SMILES string of the molecule is Cc1noc(C)c1S(=O)(=O)NC(CCCCNC1NCCN1)(NC(=O)c1ccc2cn[nH]c2c1)C(=O)O. The Morgan fingerprint density at radius 1 is 1.22 bits per heavy atom. The van der Waals surface area contributed by atoms with E-state index in [1.807, 2.05) is 0 Å². The van der Waals surface area contributed by atoms with Gasteiger partial charge in [-0.3, -0.25) is 25.8 Å². The molecule has 3 heterocycles. The maximum absolute atomic E-state index is 13.3. The van der Waals surface area contributed by atoms with Gasteiger partial charge in [0.15, 0.2) is 5.76 Å². The van der Waals surface area contributed by atoms with E-state index in [9.17, 15) is 23.1 Å². The van der Waals surface area contributed by atoms with E-state index in [0.717, 1.165) is 18.5 Å². The molecule has 1 amide bonds. The third-order valence-electron chi connectivity index (χ3n) is 6.09. The second-order valence-corrected chi connectivity index (χ2v) is 10.5. The van der Waals surface area contributed by atoms with Gasteiger partial charge in [0.25, 0.3) is 5.91 Å². The number of H-pyrrole nitrogens is 1. The van der Waals surface area contributed by atoms with E-state index in [1.165, 1.54) is 26.0 Å². The summed E-state index contributed by atoms with van der Waals surface area (Å²) in [7, 11) is -4.44. The van der Waals surface area contributed by atoms with Crippen molar-refractivity contribution in [2.24, 2.45) is 0 Å². The fourth-order valence-electron chi connectivity index (χ4n) is 4.24. The lowest BCUT2D eigenvalue weighted by Gasteiger charge is -2.31. The van der Waals surface area contributed by atoms with Crippen molar-refractivity contribution in [2.45, 2.75) is 50.0 Å². The monoisotopic (exact) mass is 534 g/mol. The van der Waals surface area contributed by atoms with Crippen LogP contribution in [0.4, 0.5) is 0 Å². The van der Waals surface area contributed by atoms with E-state index in [4.69, 9.17) is 4.52 Å². The maximum Gasteiger partial charge on any atom is 0.345 e. The number of aryl methyl sites for hydroxylation is 2. The molecule has 7 N–H and O–H groups in total. The van der Waals surface area contributed by atoms with Gasteiger partial charge >= 0.3 is 5.97 Å². The maximum atomic E-state index is 13.3. The minimum absolute atomic E-state index is 0.000996. The summed E-state index contributed by atoms with van der Waals surface area (Å²) in [5.74, 6) is -2.31. The Labute approximate surface area is 213 Å². The molecule has 200 valence electrons. The Balaban J connectivity index is 1.57. The zero-order valence-electron chi connectivity index (χ0n) is 20.4. The van der Waals surface area contributed by atoms with E-state index < -0.39 is 27.6 Å². The molecule has 0 radical (unpaired) electrons. The summed E-state index contributed by atoms with van der Waals surface area (Å²) in [5, 5.41) is 33.4. The van der Waals surface area contributed by atoms with Crippen LogP contribution in [0.15, 0.2) is 33.8 Å². The highest BCUT2D eigenvalue weighted by Gasteiger charge is 2.45. The molecular formula is C22H30N8O6S. The van der Waals surface area contributed by atoms with Crippen LogP contribution in [0.25, 0.3) is 10.9 Å². The topological polar surface area (TPSA) is 203 Å². The molecule has 4 rings (SSSR count). The van der Waals surface area contributed by atoms with E-state index in [1.54, 1.807) is 12.3 Å². The highest BCUT2D eigenvalue weighted by Crippen LogP contribution is 2.23. The number of nitrogens with zero attached hydrogens (tertiary/aromatic N) is 2. The van der Waals surface area contributed by atoms with Crippen LogP contribution in [-0.4, -0.2) is 72.3 Å². The van der Waals surface area contributed by atoms with Crippen molar-refractivity contribution in [3.8, 4) is 0 Å². The van der Waals surface area contributed by atoms with Crippen molar-refractivity contribution in [3.63, 3.8) is 0 Å². The van der Waals surface area contributed by atoms with Gasteiger partial charge in [0.1, 0.15) is 16.9 Å². The molecule has 1 unspecified atom stereocenters. The average Bonchev–Trinajstić information content (AvgIpc) is 3.59. The molecule has 1 atom stereocenters. The zero-order chi connectivity index (χ0) is 26.6. The lowest BCUT2D eigenvalue weighted by atomic mass is 10.0. The Morgan fingerprint density at radius 2 is 1.97 bits per heavy atom. The van der Waals surface area contributed by atoms with Gasteiger partial charge in [-0.25, -0.2) is 13.2 Å². The van der Waals surface area contributed by atoms with Crippen LogP contribution in [0.3, 0.4) is 0 Å². The number of nitrogens with one attached hydrogen (secondary N) is 6. The number of carboxylic acids is 1. The van der Waals surface area contributed by atoms with Gasteiger partial charge in [-0.05, 0) is 51.8 Å². The van der Waals surface area contributed by atoms with Gasteiger partial charge in [-0.1, -0.05) is 11.2 Å². The third kappa shape index (κ3) is 5.97. The van der Waals surface area contributed by atoms with Crippen LogP contribution in [0.2, 0.25) is 0 Å². The summed E-state index contributed by atoms with van der Waals surface area (Å²) in [6.45, 7) is 5.05. The van der Waals surface area contributed by atoms with Crippen LogP contribution < -0.4 is 26.0 Å². The number of aromatic nitrogens is 3. The number of hydrogen-bond acceptors (Lipinski definition) is 10. The molecule has 1 aliphatic rings. The first kappa shape index (κ1) is 26.7. The van der Waals surface area contributed by atoms with E-state index >= 15 is 0 Å². The fourth-order valence-corrected chi connectivity index (χ4v) is 5.88. The lowest BCUT2D eigenvalue weighted by Crippen LogP contribution is -2.65. The molecule has 0 bridgehead atoms. The number of carboxylic acid groups (broad SMARTS) is 1. The number of carbonyl (C=O) groups is 2. The van der Waals surface area contributed by atoms with Crippen LogP contribution in [0.1, 0.15) is 41.1 Å². The standard InChI is InChI=1S/C22H30N8O6S/c1-13-18(14(2)36-29-13)37(34,35)30-22(20(32)33,7-3-4-8-23-21-24-9-10-25-21)27-19(31)15-5-6-16-12-26-28-17(16)11-15/h5-6,11-12,21,23-25,30H,3-4,7-10H2,1-2H3,(H,26,28)(H,27,31)(H,32,33). The fraction of sp³-hybridized carbons (Fsp3) is 0.455. The molecule has 1 fully saturated rings. The predicted octanol–water partition coefficient (Wildman–Crippen LogP) is -0.107. The smallest absolute Gasteiger partial charge is 0.345 e. The summed E-state index contributed by atoms with van der Waals surface area (Å²) in [6.07, 6.45) is 2.14. The second kappa shape index (κ2) is 10.9. The highest BCUT2D eigenvalue weighted by atomic mass is 32.2. The third-order valence-corrected chi connectivity index (χ3v) is 7.83. The lowest BCUT2D eigenvalue weighted by molar-refractivity contribution is -0.145. The van der Waals surface area contributed by atoms with Crippen LogP contribution >= 0.6 is 0 Å². The number of sulfonamides is 1. The van der Waals surface area contributed by atoms with Gasteiger partial charge in [-0.2, -0.15) is 9.82 Å². The van der Waals surface area contributed by atoms with Crippen LogP contribution in [0.5, 0.6) is 0 Å². The molecule has 0 spiro atoms. The van der Waals surface area contributed by atoms with Crippen LogP contribution in [0, 0.1) is 13.8 Å². The predicted molar refractivity (Wildman–Crippen MR) is 132 cm³/mol. The molecule has 2 aromatic heterocycles. The number of fused-ring (bicyclic) bond motifs is 1. The zero-order valence-corrected chi connectivity index (χ0v) is 21.2. The van der Waals surface area contributed by atoms with Crippen LogP contribution in [-0.2, 0) is 14.8 Å². The Kier molecular flexibility index (Phi) is 7.89. The Hall–Kier alpha value is -3.37. The first-order valence-electron chi connectivity index (χ1n) is 11.8. The summed E-state index contributed by atoms with van der Waals surface area (Å²) in [4.78, 5) is 25.5. The number of unbranched alkanes of at least 4 members (excludes halogenated alkanes) is 1. The number of hydrogen-bond donors (Lipinski definition) is 7. The van der Waals surface area contributed by atoms with Gasteiger partial charge < -0.3 is 14.9 Å². The van der Waals surface area contributed by atoms with E-state index in [-0.39, 0.29) is 41.0 Å². The number of rotatable bonds is 12. The normalized spacial score (nSPS) is 16.2. The largest absolute Gasteiger partial charge is 0.478 e. The number of aromatic amines is 1. The molecule has 1 saturated heterocycles. The number of aliphatic carboxylic acids is 1. The first-order valence-corrected chi connectivity index (χ1v) is 13.3. The summed E-state index contributed by atoms with van der Waals surface area (Å²) >= 11 is 0. The van der Waals surface area contributed by atoms with E-state index in [0.29, 0.717) is 18.5 Å². The van der Waals surface area contributed by atoms with Crippen molar-refractivity contribution in [2.75, 3.05) is 19.6 Å². The molecule has 1 aromatic carbocycles. The molecule has 15 heteroatoms. The van der Waals surface area contributed by atoms with Crippen molar-refractivity contribution in [1.29, 1.82) is 0 Å². The van der Waals surface area contributed by atoms with Gasteiger partial charge in [0, 0.05) is 24.0 Å². The number of carbonyl (C=O) groups excluding carboxylic acids is 1. The molecule has 3 aromatic rings. The average molecular weight is 535 g/mol. The van der Waals surface area contributed by atoms with Gasteiger partial charge in [0.2, 0.25) is 15.7 Å².